The molecule has 7 nitrogen and oxygen atoms in total. The Morgan fingerprint density at radius 1 is 1.40 bits per heavy atom. The van der Waals surface area contributed by atoms with Crippen molar-refractivity contribution < 1.29 is 24.5 Å². The van der Waals surface area contributed by atoms with Gasteiger partial charge in [-0.3, -0.25) is 0 Å². The molecule has 2 amide bonds. The zero-order chi connectivity index (χ0) is 14.9. The highest BCUT2D eigenvalue weighted by Gasteiger charge is 2.41. The lowest BCUT2D eigenvalue weighted by molar-refractivity contribution is -0.145. The van der Waals surface area contributed by atoms with E-state index in [1.54, 1.807) is 4.90 Å². The van der Waals surface area contributed by atoms with Gasteiger partial charge in [0, 0.05) is 6.54 Å². The lowest BCUT2D eigenvalue weighted by atomic mass is 10.1. The molecule has 20 heavy (non-hydrogen) atoms. The van der Waals surface area contributed by atoms with Crippen LogP contribution in [0.4, 0.5) is 4.79 Å². The van der Waals surface area contributed by atoms with Crippen LogP contribution in [-0.4, -0.2) is 76.0 Å². The second kappa shape index (κ2) is 5.57. The van der Waals surface area contributed by atoms with Crippen molar-refractivity contribution in [2.75, 3.05) is 26.2 Å². The summed E-state index contributed by atoms with van der Waals surface area (Å²) in [5, 5.41) is 18.4. The van der Waals surface area contributed by atoms with E-state index in [0.717, 1.165) is 0 Å². The first-order valence-electron chi connectivity index (χ1n) is 6.91. The SMILES string of the molecule is CC1(C)CN(C(=O)N2CCCC2C(=O)O)CC(CO)O1. The van der Waals surface area contributed by atoms with Crippen LogP contribution in [0.5, 0.6) is 0 Å². The number of likely N-dealkylation sites (tertiary alicyclic amines) is 1. The maximum atomic E-state index is 12.5. The summed E-state index contributed by atoms with van der Waals surface area (Å²) in [4.78, 5) is 26.7. The summed E-state index contributed by atoms with van der Waals surface area (Å²) < 4.78 is 5.66. The van der Waals surface area contributed by atoms with Crippen molar-refractivity contribution in [2.24, 2.45) is 0 Å². The van der Waals surface area contributed by atoms with Crippen LogP contribution in [-0.2, 0) is 9.53 Å². The fourth-order valence-corrected chi connectivity index (χ4v) is 2.97. The van der Waals surface area contributed by atoms with Gasteiger partial charge in [0.1, 0.15) is 6.04 Å². The van der Waals surface area contributed by atoms with Crippen LogP contribution in [0.15, 0.2) is 0 Å². The van der Waals surface area contributed by atoms with Gasteiger partial charge in [-0.15, -0.1) is 0 Å². The first-order chi connectivity index (χ1) is 9.34. The predicted octanol–water partition coefficient (Wildman–Crippen LogP) is 0.127. The van der Waals surface area contributed by atoms with Crippen molar-refractivity contribution in [3.05, 3.63) is 0 Å². The number of urea groups is 1. The van der Waals surface area contributed by atoms with E-state index in [-0.39, 0.29) is 12.6 Å². The Kier molecular flexibility index (Phi) is 4.19. The molecular formula is C13H22N2O5. The van der Waals surface area contributed by atoms with Gasteiger partial charge >= 0.3 is 12.0 Å². The molecule has 2 atom stereocenters. The largest absolute Gasteiger partial charge is 0.480 e. The van der Waals surface area contributed by atoms with E-state index in [2.05, 4.69) is 0 Å². The maximum Gasteiger partial charge on any atom is 0.326 e. The summed E-state index contributed by atoms with van der Waals surface area (Å²) in [5.74, 6) is -0.956. The molecule has 2 N–H and O–H groups in total. The van der Waals surface area contributed by atoms with Gasteiger partial charge in [0.05, 0.1) is 31.4 Å². The molecule has 2 aliphatic heterocycles. The Balaban J connectivity index is 2.09. The highest BCUT2D eigenvalue weighted by atomic mass is 16.5. The van der Waals surface area contributed by atoms with Crippen molar-refractivity contribution in [3.8, 4) is 0 Å². The summed E-state index contributed by atoms with van der Waals surface area (Å²) in [6.45, 7) is 4.71. The highest BCUT2D eigenvalue weighted by molar-refractivity contribution is 5.83. The number of aliphatic hydroxyl groups is 1. The summed E-state index contributed by atoms with van der Waals surface area (Å²) in [6, 6.07) is -1.01. The molecular weight excluding hydrogens is 264 g/mol. The number of ether oxygens (including phenoxy) is 1. The molecule has 114 valence electrons. The molecule has 2 saturated heterocycles. The van der Waals surface area contributed by atoms with Crippen molar-refractivity contribution in [2.45, 2.75) is 44.4 Å². The number of carbonyl (C=O) groups is 2. The smallest absolute Gasteiger partial charge is 0.326 e. The lowest BCUT2D eigenvalue weighted by Crippen LogP contribution is -2.59. The topological polar surface area (TPSA) is 90.3 Å². The van der Waals surface area contributed by atoms with E-state index in [1.165, 1.54) is 4.90 Å². The normalized spacial score (nSPS) is 29.6. The van der Waals surface area contributed by atoms with Gasteiger partial charge < -0.3 is 24.7 Å². The van der Waals surface area contributed by atoms with Crippen LogP contribution in [0.3, 0.4) is 0 Å². The first kappa shape index (κ1) is 15.1. The molecule has 0 aromatic heterocycles. The standard InChI is InChI=1S/C13H22N2O5/c1-13(2)8-14(6-9(7-16)20-13)12(19)15-5-3-4-10(15)11(17)18/h9-10,16H,3-8H2,1-2H3,(H,17,18). The minimum absolute atomic E-state index is 0.157. The molecule has 0 radical (unpaired) electrons. The van der Waals surface area contributed by atoms with Gasteiger partial charge in [0.2, 0.25) is 0 Å². The molecule has 2 aliphatic rings. The number of morpholine rings is 1. The molecule has 2 heterocycles. The molecule has 0 aromatic rings. The van der Waals surface area contributed by atoms with E-state index in [4.69, 9.17) is 9.84 Å². The summed E-state index contributed by atoms with van der Waals surface area (Å²) in [5.41, 5.74) is -0.542. The lowest BCUT2D eigenvalue weighted by Gasteiger charge is -2.43. The molecule has 0 aromatic carbocycles. The minimum Gasteiger partial charge on any atom is -0.480 e. The van der Waals surface area contributed by atoms with Gasteiger partial charge in [-0.05, 0) is 26.7 Å². The predicted molar refractivity (Wildman–Crippen MR) is 70.4 cm³/mol. The Bertz CT molecular complexity index is 398. The number of carboxylic acids is 1. The molecule has 2 fully saturated rings. The van der Waals surface area contributed by atoms with Crippen LogP contribution < -0.4 is 0 Å². The Morgan fingerprint density at radius 2 is 2.10 bits per heavy atom. The Hall–Kier alpha value is -1.34. The number of rotatable bonds is 2. The molecule has 0 saturated carbocycles. The average molecular weight is 286 g/mol. The zero-order valence-electron chi connectivity index (χ0n) is 11.9. The number of carbonyl (C=O) groups excluding carboxylic acids is 1. The van der Waals surface area contributed by atoms with Gasteiger partial charge in [-0.2, -0.15) is 0 Å². The van der Waals surface area contributed by atoms with Crippen molar-refractivity contribution in [3.63, 3.8) is 0 Å². The Morgan fingerprint density at radius 3 is 2.70 bits per heavy atom. The minimum atomic E-state index is -0.956. The zero-order valence-corrected chi connectivity index (χ0v) is 11.9. The van der Waals surface area contributed by atoms with Crippen LogP contribution in [0.1, 0.15) is 26.7 Å². The van der Waals surface area contributed by atoms with Crippen LogP contribution >= 0.6 is 0 Å². The number of nitrogens with zero attached hydrogens (tertiary/aromatic N) is 2. The fourth-order valence-electron chi connectivity index (χ4n) is 2.97. The molecule has 0 spiro atoms. The second-order valence-corrected chi connectivity index (χ2v) is 6.03. The maximum absolute atomic E-state index is 12.5. The number of hydrogen-bond donors (Lipinski definition) is 2. The molecule has 7 heteroatoms. The third-order valence-electron chi connectivity index (χ3n) is 3.74. The van der Waals surface area contributed by atoms with Gasteiger partial charge in [0.15, 0.2) is 0 Å². The number of carboxylic acid groups (broad SMARTS) is 1. The summed E-state index contributed by atoms with van der Waals surface area (Å²) in [7, 11) is 0. The van der Waals surface area contributed by atoms with Crippen molar-refractivity contribution in [1.82, 2.24) is 9.80 Å². The number of hydrogen-bond acceptors (Lipinski definition) is 4. The Labute approximate surface area is 118 Å². The van der Waals surface area contributed by atoms with E-state index < -0.39 is 23.7 Å². The molecule has 2 unspecified atom stereocenters. The van der Waals surface area contributed by atoms with Gasteiger partial charge in [0.25, 0.3) is 0 Å². The highest BCUT2D eigenvalue weighted by Crippen LogP contribution is 2.25. The molecule has 2 rings (SSSR count). The van der Waals surface area contributed by atoms with E-state index in [1.807, 2.05) is 13.8 Å². The number of aliphatic carboxylic acids is 1. The molecule has 0 bridgehead atoms. The fraction of sp³-hybridized carbons (Fsp3) is 0.846. The first-order valence-corrected chi connectivity index (χ1v) is 6.91. The summed E-state index contributed by atoms with van der Waals surface area (Å²) >= 11 is 0. The van der Waals surface area contributed by atoms with E-state index >= 15 is 0 Å². The number of amides is 2. The average Bonchev–Trinajstić information content (AvgIpc) is 2.85. The molecule has 0 aliphatic carbocycles. The quantitative estimate of drug-likeness (QED) is 0.753. The van der Waals surface area contributed by atoms with Crippen LogP contribution in [0.2, 0.25) is 0 Å². The van der Waals surface area contributed by atoms with E-state index in [0.29, 0.717) is 32.5 Å². The number of aliphatic hydroxyl groups excluding tert-OH is 1. The third kappa shape index (κ3) is 3.04. The summed E-state index contributed by atoms with van der Waals surface area (Å²) in [6.07, 6.45) is 0.784. The third-order valence-corrected chi connectivity index (χ3v) is 3.74. The van der Waals surface area contributed by atoms with Crippen molar-refractivity contribution >= 4 is 12.0 Å². The van der Waals surface area contributed by atoms with Gasteiger partial charge in [-0.25, -0.2) is 9.59 Å². The van der Waals surface area contributed by atoms with Gasteiger partial charge in [-0.1, -0.05) is 0 Å². The van der Waals surface area contributed by atoms with Crippen LogP contribution in [0, 0.1) is 0 Å². The monoisotopic (exact) mass is 286 g/mol. The second-order valence-electron chi connectivity index (χ2n) is 6.03. The van der Waals surface area contributed by atoms with E-state index in [9.17, 15) is 14.7 Å². The van der Waals surface area contributed by atoms with Crippen molar-refractivity contribution in [1.29, 1.82) is 0 Å². The van der Waals surface area contributed by atoms with Crippen LogP contribution in [0.25, 0.3) is 0 Å².